The van der Waals surface area contributed by atoms with Crippen LogP contribution in [0.25, 0.3) is 0 Å². The number of likely N-dealkylation sites (tertiary alicyclic amines) is 1. The number of nitrogens with zero attached hydrogens (tertiary/aromatic N) is 1. The van der Waals surface area contributed by atoms with Crippen LogP contribution in [0, 0.1) is 11.8 Å². The summed E-state index contributed by atoms with van der Waals surface area (Å²) in [6.45, 7) is 0.784. The first kappa shape index (κ1) is 17.9. The van der Waals surface area contributed by atoms with Crippen molar-refractivity contribution < 1.29 is 28.7 Å². The van der Waals surface area contributed by atoms with Crippen LogP contribution in [0.4, 0.5) is 4.79 Å². The van der Waals surface area contributed by atoms with E-state index >= 15 is 0 Å². The average molecular weight is 339 g/mol. The molecule has 2 fully saturated rings. The minimum atomic E-state index is -1.22. The lowest BCUT2D eigenvalue weighted by atomic mass is 9.81. The van der Waals surface area contributed by atoms with Crippen molar-refractivity contribution in [2.45, 2.75) is 38.7 Å². The van der Waals surface area contributed by atoms with Crippen molar-refractivity contribution in [1.29, 1.82) is 0 Å². The molecule has 24 heavy (non-hydrogen) atoms. The van der Waals surface area contributed by atoms with E-state index in [9.17, 15) is 24.0 Å². The van der Waals surface area contributed by atoms with Crippen LogP contribution in [0.15, 0.2) is 0 Å². The number of urea groups is 1. The summed E-state index contributed by atoms with van der Waals surface area (Å²) in [7, 11) is 1.34. The van der Waals surface area contributed by atoms with E-state index in [1.165, 1.54) is 14.0 Å². The van der Waals surface area contributed by atoms with Gasteiger partial charge in [0.1, 0.15) is 6.54 Å². The lowest BCUT2D eigenvalue weighted by molar-refractivity contribution is -0.159. The lowest BCUT2D eigenvalue weighted by Crippen LogP contribution is -2.45. The van der Waals surface area contributed by atoms with E-state index in [2.05, 4.69) is 5.32 Å². The first-order valence-electron chi connectivity index (χ1n) is 7.92. The SMILES string of the molecule is CNC(=O)NC(=O)[C@@H](C)OC(=O)CN1C(=O)[C@H]2CCCC[C@@H]2C1=O. The van der Waals surface area contributed by atoms with Crippen LogP contribution in [0.3, 0.4) is 0 Å². The Bertz CT molecular complexity index is 552. The van der Waals surface area contributed by atoms with Crippen LogP contribution in [-0.2, 0) is 23.9 Å². The fraction of sp³-hybridized carbons (Fsp3) is 0.667. The van der Waals surface area contributed by atoms with Gasteiger partial charge in [-0.25, -0.2) is 4.79 Å². The molecular formula is C15H21N3O6. The molecule has 0 aromatic carbocycles. The third-order valence-corrected chi connectivity index (χ3v) is 4.36. The summed E-state index contributed by atoms with van der Waals surface area (Å²) in [4.78, 5) is 60.0. The van der Waals surface area contributed by atoms with Crippen LogP contribution in [-0.4, -0.2) is 54.3 Å². The van der Waals surface area contributed by atoms with Crippen molar-refractivity contribution in [3.8, 4) is 0 Å². The molecule has 1 saturated carbocycles. The summed E-state index contributed by atoms with van der Waals surface area (Å²) >= 11 is 0. The summed E-state index contributed by atoms with van der Waals surface area (Å²) < 4.78 is 4.89. The van der Waals surface area contributed by atoms with Crippen LogP contribution >= 0.6 is 0 Å². The van der Waals surface area contributed by atoms with Crippen molar-refractivity contribution >= 4 is 29.7 Å². The number of imide groups is 2. The van der Waals surface area contributed by atoms with Gasteiger partial charge in [-0.1, -0.05) is 12.8 Å². The van der Waals surface area contributed by atoms with Gasteiger partial charge in [-0.2, -0.15) is 0 Å². The zero-order chi connectivity index (χ0) is 17.9. The number of carbonyl (C=O) groups is 5. The van der Waals surface area contributed by atoms with Gasteiger partial charge in [-0.3, -0.25) is 29.4 Å². The van der Waals surface area contributed by atoms with Crippen LogP contribution in [0.5, 0.6) is 0 Å². The Morgan fingerprint density at radius 1 is 1.17 bits per heavy atom. The lowest BCUT2D eigenvalue weighted by Gasteiger charge is -2.19. The highest BCUT2D eigenvalue weighted by atomic mass is 16.5. The second-order valence-corrected chi connectivity index (χ2v) is 5.96. The van der Waals surface area contributed by atoms with Gasteiger partial charge in [0.05, 0.1) is 11.8 Å². The molecule has 0 unspecified atom stereocenters. The molecule has 9 heteroatoms. The van der Waals surface area contributed by atoms with Crippen molar-refractivity contribution in [2.75, 3.05) is 13.6 Å². The summed E-state index contributed by atoms with van der Waals surface area (Å²) in [6, 6.07) is -0.725. The maximum Gasteiger partial charge on any atom is 0.326 e. The third kappa shape index (κ3) is 3.72. The predicted octanol–water partition coefficient (Wildman–Crippen LogP) is -0.451. The molecule has 9 nitrogen and oxygen atoms in total. The molecule has 2 rings (SSSR count). The molecule has 2 aliphatic rings. The highest BCUT2D eigenvalue weighted by Crippen LogP contribution is 2.37. The Balaban J connectivity index is 1.90. The van der Waals surface area contributed by atoms with Gasteiger partial charge in [0.25, 0.3) is 5.91 Å². The number of esters is 1. The minimum absolute atomic E-state index is 0.340. The Kier molecular flexibility index (Phi) is 5.53. The molecule has 0 aromatic rings. The molecule has 1 saturated heterocycles. The van der Waals surface area contributed by atoms with E-state index in [0.717, 1.165) is 17.7 Å². The van der Waals surface area contributed by atoms with E-state index < -0.39 is 30.6 Å². The third-order valence-electron chi connectivity index (χ3n) is 4.36. The largest absolute Gasteiger partial charge is 0.451 e. The summed E-state index contributed by atoms with van der Waals surface area (Å²) in [6.07, 6.45) is 1.90. The molecule has 0 bridgehead atoms. The molecule has 5 amide bonds. The van der Waals surface area contributed by atoms with Gasteiger partial charge in [0.15, 0.2) is 6.10 Å². The van der Waals surface area contributed by atoms with Crippen LogP contribution in [0.1, 0.15) is 32.6 Å². The van der Waals surface area contributed by atoms with Crippen molar-refractivity contribution in [3.05, 3.63) is 0 Å². The molecule has 3 atom stereocenters. The number of hydrogen-bond donors (Lipinski definition) is 2. The van der Waals surface area contributed by atoms with Gasteiger partial charge in [-0.15, -0.1) is 0 Å². The number of ether oxygens (including phenoxy) is 1. The highest BCUT2D eigenvalue weighted by molar-refractivity contribution is 6.07. The first-order valence-corrected chi connectivity index (χ1v) is 7.92. The second kappa shape index (κ2) is 7.41. The molecule has 1 heterocycles. The monoisotopic (exact) mass is 339 g/mol. The molecule has 0 aromatic heterocycles. The number of rotatable bonds is 4. The number of amides is 5. The fourth-order valence-electron chi connectivity index (χ4n) is 3.08. The zero-order valence-corrected chi connectivity index (χ0v) is 13.7. The molecule has 1 aliphatic carbocycles. The summed E-state index contributed by atoms with van der Waals surface area (Å²) in [5.41, 5.74) is 0. The topological polar surface area (TPSA) is 122 Å². The molecule has 0 spiro atoms. The first-order chi connectivity index (χ1) is 11.3. The quantitative estimate of drug-likeness (QED) is 0.528. The van der Waals surface area contributed by atoms with Gasteiger partial charge in [0, 0.05) is 7.05 Å². The molecule has 132 valence electrons. The average Bonchev–Trinajstić information content (AvgIpc) is 2.80. The molecule has 1 aliphatic heterocycles. The van der Waals surface area contributed by atoms with Crippen LogP contribution < -0.4 is 10.6 Å². The van der Waals surface area contributed by atoms with E-state index in [0.29, 0.717) is 12.8 Å². The molecule has 0 radical (unpaired) electrons. The number of hydrogen-bond acceptors (Lipinski definition) is 6. The Morgan fingerprint density at radius 3 is 2.21 bits per heavy atom. The molecular weight excluding hydrogens is 318 g/mol. The predicted molar refractivity (Wildman–Crippen MR) is 80.3 cm³/mol. The fourth-order valence-corrected chi connectivity index (χ4v) is 3.08. The number of carbonyl (C=O) groups excluding carboxylic acids is 5. The maximum absolute atomic E-state index is 12.3. The molecule has 2 N–H and O–H groups in total. The minimum Gasteiger partial charge on any atom is -0.451 e. The standard InChI is InChI=1S/C15H21N3O6/c1-8(12(20)17-15(23)16-2)24-11(19)7-18-13(21)9-5-3-4-6-10(9)14(18)22/h8-10H,3-7H2,1-2H3,(H2,16,17,20,23)/t8-,9+,10+/m1/s1. The number of nitrogens with one attached hydrogen (secondary N) is 2. The second-order valence-electron chi connectivity index (χ2n) is 5.96. The summed E-state index contributed by atoms with van der Waals surface area (Å²) in [5, 5.41) is 4.17. The van der Waals surface area contributed by atoms with Crippen molar-refractivity contribution in [2.24, 2.45) is 11.8 Å². The Labute approximate surface area is 139 Å². The van der Waals surface area contributed by atoms with Gasteiger partial charge < -0.3 is 10.1 Å². The van der Waals surface area contributed by atoms with Crippen molar-refractivity contribution in [3.63, 3.8) is 0 Å². The van der Waals surface area contributed by atoms with E-state index in [1.807, 2.05) is 5.32 Å². The Hall–Kier alpha value is -2.45. The highest BCUT2D eigenvalue weighted by Gasteiger charge is 2.48. The van der Waals surface area contributed by atoms with Gasteiger partial charge >= 0.3 is 12.0 Å². The van der Waals surface area contributed by atoms with Crippen molar-refractivity contribution in [1.82, 2.24) is 15.5 Å². The van der Waals surface area contributed by atoms with E-state index in [4.69, 9.17) is 4.74 Å². The smallest absolute Gasteiger partial charge is 0.326 e. The summed E-state index contributed by atoms with van der Waals surface area (Å²) in [5.74, 6) is -3.03. The van der Waals surface area contributed by atoms with E-state index in [1.54, 1.807) is 0 Å². The van der Waals surface area contributed by atoms with Crippen LogP contribution in [0.2, 0.25) is 0 Å². The Morgan fingerprint density at radius 2 is 1.71 bits per heavy atom. The van der Waals surface area contributed by atoms with Gasteiger partial charge in [-0.05, 0) is 19.8 Å². The van der Waals surface area contributed by atoms with E-state index in [-0.39, 0.29) is 23.7 Å². The number of fused-ring (bicyclic) bond motifs is 1. The van der Waals surface area contributed by atoms with Gasteiger partial charge in [0.2, 0.25) is 11.8 Å². The normalized spacial score (nSPS) is 24.2. The maximum atomic E-state index is 12.3. The zero-order valence-electron chi connectivity index (χ0n) is 13.7.